The van der Waals surface area contributed by atoms with Crippen LogP contribution in [0.5, 0.6) is 0 Å². The average Bonchev–Trinajstić information content (AvgIpc) is 2.96. The molecule has 0 aliphatic heterocycles. The molecular formula is C12H13F2P. The zero-order valence-electron chi connectivity index (χ0n) is 8.34. The molecule has 1 aliphatic carbocycles. The van der Waals surface area contributed by atoms with Crippen molar-refractivity contribution in [3.05, 3.63) is 48.1 Å². The molecule has 1 fully saturated rings. The van der Waals surface area contributed by atoms with Crippen molar-refractivity contribution in [2.24, 2.45) is 5.92 Å². The van der Waals surface area contributed by atoms with Crippen LogP contribution in [-0.2, 0) is 6.16 Å². The quantitative estimate of drug-likeness (QED) is 0.542. The number of hydrogen-bond donors (Lipinski definition) is 0. The van der Waals surface area contributed by atoms with Crippen molar-refractivity contribution >= 4 is 8.58 Å². The Balaban J connectivity index is 1.96. The van der Waals surface area contributed by atoms with Crippen LogP contribution in [-0.4, -0.2) is 5.66 Å². The van der Waals surface area contributed by atoms with Crippen LogP contribution in [0.1, 0.15) is 12.0 Å². The predicted octanol–water partition coefficient (Wildman–Crippen LogP) is 3.72. The lowest BCUT2D eigenvalue weighted by Gasteiger charge is -2.04. The van der Waals surface area contributed by atoms with Gasteiger partial charge < -0.3 is 0 Å². The average molecular weight is 226 g/mol. The van der Waals surface area contributed by atoms with E-state index in [1.54, 1.807) is 0 Å². The summed E-state index contributed by atoms with van der Waals surface area (Å²) in [4.78, 5) is 0. The van der Waals surface area contributed by atoms with E-state index >= 15 is 0 Å². The molecule has 0 heterocycles. The molecule has 1 aliphatic rings. The molecule has 0 saturated heterocycles. The molecule has 3 unspecified atom stereocenters. The SMILES string of the molecule is C=CC1CC1PCc1c(F)cccc1F. The second-order valence-corrected chi connectivity index (χ2v) is 5.33. The minimum absolute atomic E-state index is 0.241. The summed E-state index contributed by atoms with van der Waals surface area (Å²) in [5.41, 5.74) is 0.854. The fraction of sp³-hybridized carbons (Fsp3) is 0.333. The van der Waals surface area contributed by atoms with Gasteiger partial charge in [0.05, 0.1) is 0 Å². The molecule has 0 bridgehead atoms. The third-order valence-electron chi connectivity index (χ3n) is 2.75. The lowest BCUT2D eigenvalue weighted by Crippen LogP contribution is -1.92. The number of hydrogen-bond acceptors (Lipinski definition) is 0. The highest BCUT2D eigenvalue weighted by Gasteiger charge is 2.33. The largest absolute Gasteiger partial charge is 0.207 e. The van der Waals surface area contributed by atoms with E-state index in [1.807, 2.05) is 6.08 Å². The summed E-state index contributed by atoms with van der Waals surface area (Å²) in [6.45, 7) is 3.72. The Hall–Kier alpha value is -0.750. The van der Waals surface area contributed by atoms with Gasteiger partial charge in [-0.2, -0.15) is 0 Å². The lowest BCUT2D eigenvalue weighted by atomic mass is 10.2. The molecule has 2 rings (SSSR count). The highest BCUT2D eigenvalue weighted by molar-refractivity contribution is 7.38. The standard InChI is InChI=1S/C12H13F2P/c1-2-8-6-12(8)15-7-9-10(13)4-3-5-11(9)14/h2-5,8,12,15H,1,6-7H2. The van der Waals surface area contributed by atoms with E-state index in [0.29, 0.717) is 26.3 Å². The molecule has 3 atom stereocenters. The van der Waals surface area contributed by atoms with E-state index in [1.165, 1.54) is 18.2 Å². The summed E-state index contributed by atoms with van der Waals surface area (Å²) in [5, 5.41) is 0. The summed E-state index contributed by atoms with van der Waals surface area (Å²) in [6, 6.07) is 4.04. The van der Waals surface area contributed by atoms with Crippen molar-refractivity contribution in [3.63, 3.8) is 0 Å². The molecule has 1 aromatic carbocycles. The first kappa shape index (κ1) is 10.8. The van der Waals surface area contributed by atoms with Gasteiger partial charge in [-0.3, -0.25) is 0 Å². The van der Waals surface area contributed by atoms with Crippen molar-refractivity contribution in [1.29, 1.82) is 0 Å². The number of benzene rings is 1. The topological polar surface area (TPSA) is 0 Å². The summed E-state index contributed by atoms with van der Waals surface area (Å²) in [7, 11) is 0.606. The monoisotopic (exact) mass is 226 g/mol. The van der Waals surface area contributed by atoms with E-state index in [2.05, 4.69) is 6.58 Å². The Morgan fingerprint density at radius 3 is 2.60 bits per heavy atom. The third kappa shape index (κ3) is 2.43. The van der Waals surface area contributed by atoms with Gasteiger partial charge in [-0.1, -0.05) is 12.1 Å². The molecule has 3 heteroatoms. The van der Waals surface area contributed by atoms with Crippen LogP contribution in [0.25, 0.3) is 0 Å². The Kier molecular flexibility index (Phi) is 3.16. The van der Waals surface area contributed by atoms with E-state index in [-0.39, 0.29) is 5.56 Å². The van der Waals surface area contributed by atoms with Gasteiger partial charge in [-0.15, -0.1) is 15.2 Å². The van der Waals surface area contributed by atoms with Crippen LogP contribution >= 0.6 is 8.58 Å². The molecule has 0 nitrogen and oxygen atoms in total. The van der Waals surface area contributed by atoms with Gasteiger partial charge >= 0.3 is 0 Å². The molecular weight excluding hydrogens is 213 g/mol. The minimum atomic E-state index is -0.418. The van der Waals surface area contributed by atoms with Gasteiger partial charge in [0.1, 0.15) is 11.6 Å². The minimum Gasteiger partial charge on any atom is -0.207 e. The predicted molar refractivity (Wildman–Crippen MR) is 60.5 cm³/mol. The molecule has 0 spiro atoms. The van der Waals surface area contributed by atoms with Gasteiger partial charge in [0.25, 0.3) is 0 Å². The Labute approximate surface area is 90.2 Å². The van der Waals surface area contributed by atoms with E-state index < -0.39 is 11.6 Å². The first-order valence-electron chi connectivity index (χ1n) is 5.01. The van der Waals surface area contributed by atoms with Crippen molar-refractivity contribution in [2.45, 2.75) is 18.2 Å². The molecule has 0 aromatic heterocycles. The Bertz CT molecular complexity index is 356. The smallest absolute Gasteiger partial charge is 0.129 e. The van der Waals surface area contributed by atoms with Gasteiger partial charge in [0.2, 0.25) is 0 Å². The van der Waals surface area contributed by atoms with Crippen LogP contribution in [0.2, 0.25) is 0 Å². The highest BCUT2D eigenvalue weighted by Crippen LogP contribution is 2.47. The second-order valence-electron chi connectivity index (χ2n) is 3.82. The Morgan fingerprint density at radius 2 is 2.07 bits per heavy atom. The summed E-state index contributed by atoms with van der Waals surface area (Å²) < 4.78 is 26.5. The fourth-order valence-corrected chi connectivity index (χ4v) is 3.33. The third-order valence-corrected chi connectivity index (χ3v) is 4.49. The van der Waals surface area contributed by atoms with Crippen LogP contribution in [0.4, 0.5) is 8.78 Å². The summed E-state index contributed by atoms with van der Waals surface area (Å²) >= 11 is 0. The van der Waals surface area contributed by atoms with Crippen LogP contribution < -0.4 is 0 Å². The second kappa shape index (κ2) is 4.40. The molecule has 1 aromatic rings. The highest BCUT2D eigenvalue weighted by atomic mass is 31.1. The first-order valence-corrected chi connectivity index (χ1v) is 6.29. The zero-order valence-corrected chi connectivity index (χ0v) is 9.34. The van der Waals surface area contributed by atoms with Gasteiger partial charge in [-0.05, 0) is 36.3 Å². The van der Waals surface area contributed by atoms with E-state index in [0.717, 1.165) is 6.42 Å². The Morgan fingerprint density at radius 1 is 1.40 bits per heavy atom. The molecule has 0 amide bonds. The zero-order chi connectivity index (χ0) is 10.8. The van der Waals surface area contributed by atoms with Gasteiger partial charge in [0.15, 0.2) is 0 Å². The van der Waals surface area contributed by atoms with Gasteiger partial charge in [-0.25, -0.2) is 8.78 Å². The van der Waals surface area contributed by atoms with Crippen molar-refractivity contribution in [1.82, 2.24) is 0 Å². The van der Waals surface area contributed by atoms with Crippen molar-refractivity contribution in [2.75, 3.05) is 0 Å². The number of halogens is 2. The number of rotatable bonds is 4. The summed E-state index contributed by atoms with van der Waals surface area (Å²) in [5.74, 6) is -0.255. The molecule has 0 radical (unpaired) electrons. The van der Waals surface area contributed by atoms with Crippen molar-refractivity contribution in [3.8, 4) is 0 Å². The maximum atomic E-state index is 13.2. The number of allylic oxidation sites excluding steroid dienone is 1. The first-order chi connectivity index (χ1) is 7.22. The maximum absolute atomic E-state index is 13.2. The normalized spacial score (nSPS) is 24.7. The van der Waals surface area contributed by atoms with Gasteiger partial charge in [0, 0.05) is 5.56 Å². The molecule has 15 heavy (non-hydrogen) atoms. The molecule has 80 valence electrons. The molecule has 1 saturated carbocycles. The van der Waals surface area contributed by atoms with E-state index in [9.17, 15) is 8.78 Å². The molecule has 0 N–H and O–H groups in total. The maximum Gasteiger partial charge on any atom is 0.129 e. The fourth-order valence-electron chi connectivity index (χ4n) is 1.64. The van der Waals surface area contributed by atoms with E-state index in [4.69, 9.17) is 0 Å². The van der Waals surface area contributed by atoms with Crippen LogP contribution in [0.15, 0.2) is 30.9 Å². The van der Waals surface area contributed by atoms with Crippen molar-refractivity contribution < 1.29 is 8.78 Å². The lowest BCUT2D eigenvalue weighted by molar-refractivity contribution is 0.566. The van der Waals surface area contributed by atoms with Crippen LogP contribution in [0.3, 0.4) is 0 Å². The van der Waals surface area contributed by atoms with Crippen LogP contribution in [0, 0.1) is 17.6 Å². The summed E-state index contributed by atoms with van der Waals surface area (Å²) in [6.07, 6.45) is 3.60.